The molecule has 1 atom stereocenters. The molecule has 0 bridgehead atoms. The third kappa shape index (κ3) is 5.17. The molecule has 9 heteroatoms. The molecule has 1 aliphatic rings. The Labute approximate surface area is 194 Å². The van der Waals surface area contributed by atoms with Gasteiger partial charge in [-0.3, -0.25) is 10.1 Å². The molecular weight excluding hydrogens is 460 g/mol. The highest BCUT2D eigenvalue weighted by molar-refractivity contribution is 7.98. The fourth-order valence-corrected chi connectivity index (χ4v) is 5.67. The smallest absolute Gasteiger partial charge is 0.341 e. The number of benzene rings is 1. The molecule has 1 amide bonds. The van der Waals surface area contributed by atoms with Gasteiger partial charge in [-0.05, 0) is 74.3 Å². The summed E-state index contributed by atoms with van der Waals surface area (Å²) >= 11 is 14.6. The van der Waals surface area contributed by atoms with Crippen LogP contribution in [0.4, 0.5) is 5.00 Å². The summed E-state index contributed by atoms with van der Waals surface area (Å²) in [5, 5.41) is 6.78. The second kappa shape index (κ2) is 10.1. The molecule has 0 saturated heterocycles. The first kappa shape index (κ1) is 23.1. The topological polar surface area (TPSA) is 67.4 Å². The van der Waals surface area contributed by atoms with Crippen LogP contribution >= 0.6 is 46.9 Å². The predicted octanol–water partition coefficient (Wildman–Crippen LogP) is 5.55. The van der Waals surface area contributed by atoms with Gasteiger partial charge in [0, 0.05) is 9.77 Å². The number of hydrogen-bond acceptors (Lipinski definition) is 6. The SMILES string of the molecule is CCOC(=O)c1c(NC(=S)NC(=O)c2cc(SC)ccc2Cl)sc2c1CCC(C)C2. The van der Waals surface area contributed by atoms with Crippen molar-refractivity contribution < 1.29 is 14.3 Å². The summed E-state index contributed by atoms with van der Waals surface area (Å²) in [7, 11) is 0. The molecule has 2 aromatic rings. The lowest BCUT2D eigenvalue weighted by atomic mass is 9.88. The lowest BCUT2D eigenvalue weighted by Gasteiger charge is -2.18. The minimum Gasteiger partial charge on any atom is -0.462 e. The number of ether oxygens (including phenoxy) is 1. The van der Waals surface area contributed by atoms with Gasteiger partial charge in [-0.2, -0.15) is 0 Å². The van der Waals surface area contributed by atoms with Crippen LogP contribution in [-0.2, 0) is 17.6 Å². The van der Waals surface area contributed by atoms with Crippen molar-refractivity contribution in [2.75, 3.05) is 18.2 Å². The Hall–Kier alpha value is -1.61. The first-order chi connectivity index (χ1) is 14.3. The summed E-state index contributed by atoms with van der Waals surface area (Å²) in [5.41, 5.74) is 1.91. The van der Waals surface area contributed by atoms with Crippen molar-refractivity contribution in [3.05, 3.63) is 44.8 Å². The van der Waals surface area contributed by atoms with E-state index in [2.05, 4.69) is 17.6 Å². The quantitative estimate of drug-likeness (QED) is 0.331. The normalized spacial score (nSPS) is 15.3. The minimum absolute atomic E-state index is 0.114. The summed E-state index contributed by atoms with van der Waals surface area (Å²) < 4.78 is 5.27. The predicted molar refractivity (Wildman–Crippen MR) is 128 cm³/mol. The van der Waals surface area contributed by atoms with E-state index in [0.717, 1.165) is 29.7 Å². The highest BCUT2D eigenvalue weighted by atomic mass is 35.5. The van der Waals surface area contributed by atoms with Gasteiger partial charge in [0.1, 0.15) is 5.00 Å². The number of thioether (sulfide) groups is 1. The number of anilines is 1. The van der Waals surface area contributed by atoms with Gasteiger partial charge in [0.25, 0.3) is 5.91 Å². The zero-order chi connectivity index (χ0) is 21.8. The summed E-state index contributed by atoms with van der Waals surface area (Å²) in [6, 6.07) is 5.26. The summed E-state index contributed by atoms with van der Waals surface area (Å²) in [4.78, 5) is 27.4. The van der Waals surface area contributed by atoms with Crippen molar-refractivity contribution in [2.45, 2.75) is 38.0 Å². The van der Waals surface area contributed by atoms with E-state index >= 15 is 0 Å². The Morgan fingerprint density at radius 2 is 2.17 bits per heavy atom. The molecular formula is C21H23ClN2O3S3. The Morgan fingerprint density at radius 1 is 1.40 bits per heavy atom. The van der Waals surface area contributed by atoms with Gasteiger partial charge in [0.2, 0.25) is 0 Å². The van der Waals surface area contributed by atoms with Gasteiger partial charge in [-0.15, -0.1) is 23.1 Å². The lowest BCUT2D eigenvalue weighted by molar-refractivity contribution is 0.0526. The van der Waals surface area contributed by atoms with Crippen LogP contribution in [0.25, 0.3) is 0 Å². The molecule has 2 N–H and O–H groups in total. The Bertz CT molecular complexity index is 990. The second-order valence-corrected chi connectivity index (χ2v) is 9.83. The number of halogens is 1. The standard InChI is InChI=1S/C21H23ClN2O3S3/c1-4-27-20(26)17-13-7-5-11(2)9-16(13)30-19(17)24-21(28)23-18(25)14-10-12(29-3)6-8-15(14)22/h6,8,10-11H,4-5,7,9H2,1-3H3,(H2,23,24,25,28). The third-order valence-corrected chi connectivity index (χ3v) is 7.29. The van der Waals surface area contributed by atoms with Gasteiger partial charge in [0.05, 0.1) is 22.8 Å². The van der Waals surface area contributed by atoms with E-state index in [-0.39, 0.29) is 11.1 Å². The Kier molecular flexibility index (Phi) is 7.79. The van der Waals surface area contributed by atoms with Crippen molar-refractivity contribution in [3.8, 4) is 0 Å². The molecule has 0 spiro atoms. The monoisotopic (exact) mass is 482 g/mol. The summed E-state index contributed by atoms with van der Waals surface area (Å²) in [6.45, 7) is 4.28. The zero-order valence-electron chi connectivity index (χ0n) is 17.0. The van der Waals surface area contributed by atoms with E-state index < -0.39 is 5.91 Å². The van der Waals surface area contributed by atoms with Crippen LogP contribution in [0.15, 0.2) is 23.1 Å². The van der Waals surface area contributed by atoms with E-state index in [9.17, 15) is 9.59 Å². The van der Waals surface area contributed by atoms with Crippen LogP contribution < -0.4 is 10.6 Å². The molecule has 160 valence electrons. The number of nitrogens with one attached hydrogen (secondary N) is 2. The van der Waals surface area contributed by atoms with Crippen molar-refractivity contribution in [1.29, 1.82) is 0 Å². The van der Waals surface area contributed by atoms with Crippen LogP contribution in [0.2, 0.25) is 5.02 Å². The molecule has 1 aliphatic carbocycles. The number of carbonyl (C=O) groups is 2. The van der Waals surface area contributed by atoms with Crippen LogP contribution in [-0.4, -0.2) is 29.9 Å². The average Bonchev–Trinajstić information content (AvgIpc) is 3.04. The van der Waals surface area contributed by atoms with Crippen molar-refractivity contribution in [1.82, 2.24) is 5.32 Å². The van der Waals surface area contributed by atoms with E-state index in [1.807, 2.05) is 12.3 Å². The number of fused-ring (bicyclic) bond motifs is 1. The van der Waals surface area contributed by atoms with Crippen LogP contribution in [0, 0.1) is 5.92 Å². The number of carbonyl (C=O) groups excluding carboxylic acids is 2. The molecule has 1 unspecified atom stereocenters. The molecule has 3 rings (SSSR count). The van der Waals surface area contributed by atoms with E-state index in [1.54, 1.807) is 19.1 Å². The highest BCUT2D eigenvalue weighted by Gasteiger charge is 2.29. The first-order valence-electron chi connectivity index (χ1n) is 9.61. The van der Waals surface area contributed by atoms with Gasteiger partial charge >= 0.3 is 5.97 Å². The van der Waals surface area contributed by atoms with Gasteiger partial charge in [-0.1, -0.05) is 18.5 Å². The van der Waals surface area contributed by atoms with Crippen LogP contribution in [0.1, 0.15) is 51.4 Å². The van der Waals surface area contributed by atoms with Gasteiger partial charge in [0.15, 0.2) is 5.11 Å². The highest BCUT2D eigenvalue weighted by Crippen LogP contribution is 2.40. The van der Waals surface area contributed by atoms with Gasteiger partial charge < -0.3 is 10.1 Å². The fourth-order valence-electron chi connectivity index (χ4n) is 3.37. The van der Waals surface area contributed by atoms with Crippen LogP contribution in [0.5, 0.6) is 0 Å². The molecule has 1 heterocycles. The fraction of sp³-hybridized carbons (Fsp3) is 0.381. The molecule has 0 saturated carbocycles. The zero-order valence-corrected chi connectivity index (χ0v) is 20.2. The molecule has 5 nitrogen and oxygen atoms in total. The summed E-state index contributed by atoms with van der Waals surface area (Å²) in [5.74, 6) is -0.200. The van der Waals surface area contributed by atoms with Crippen LogP contribution in [0.3, 0.4) is 0 Å². The average molecular weight is 483 g/mol. The maximum absolute atomic E-state index is 12.7. The minimum atomic E-state index is -0.402. The Balaban J connectivity index is 1.81. The molecule has 30 heavy (non-hydrogen) atoms. The van der Waals surface area contributed by atoms with E-state index in [4.69, 9.17) is 28.6 Å². The van der Waals surface area contributed by atoms with Crippen molar-refractivity contribution >= 4 is 68.9 Å². The Morgan fingerprint density at radius 3 is 2.87 bits per heavy atom. The summed E-state index contributed by atoms with van der Waals surface area (Å²) in [6.07, 6.45) is 4.71. The lowest BCUT2D eigenvalue weighted by Crippen LogP contribution is -2.34. The maximum atomic E-state index is 12.7. The molecule has 1 aromatic heterocycles. The molecule has 1 aromatic carbocycles. The van der Waals surface area contributed by atoms with Crippen molar-refractivity contribution in [2.24, 2.45) is 5.92 Å². The maximum Gasteiger partial charge on any atom is 0.341 e. The second-order valence-electron chi connectivity index (χ2n) is 7.03. The number of hydrogen-bond donors (Lipinski definition) is 2. The number of thiocarbonyl (C=S) groups is 1. The molecule has 0 fully saturated rings. The first-order valence-corrected chi connectivity index (χ1v) is 12.4. The van der Waals surface area contributed by atoms with Gasteiger partial charge in [-0.25, -0.2) is 4.79 Å². The van der Waals surface area contributed by atoms with E-state index in [0.29, 0.717) is 33.7 Å². The molecule has 0 aliphatic heterocycles. The largest absolute Gasteiger partial charge is 0.462 e. The number of esters is 1. The van der Waals surface area contributed by atoms with Crippen molar-refractivity contribution in [3.63, 3.8) is 0 Å². The number of thiophene rings is 1. The van der Waals surface area contributed by atoms with E-state index in [1.165, 1.54) is 28.0 Å². The number of amides is 1. The third-order valence-electron chi connectivity index (χ3n) is 4.86. The number of rotatable bonds is 5. The molecule has 0 radical (unpaired) electrons.